The van der Waals surface area contributed by atoms with E-state index in [-0.39, 0.29) is 35.8 Å². The zero-order chi connectivity index (χ0) is 21.0. The molecule has 0 radical (unpaired) electrons. The summed E-state index contributed by atoms with van der Waals surface area (Å²) < 4.78 is 28.4. The molecule has 0 heterocycles. The van der Waals surface area contributed by atoms with E-state index in [0.29, 0.717) is 25.5 Å². The van der Waals surface area contributed by atoms with E-state index in [9.17, 15) is 8.42 Å². The standard InChI is InChI=1S/C20H36N4O3S.HI/c1-6-21-20(23-17(2)12-15-28(5,25)26)22-16-18-8-10-19(11-9-18)27-14-7-13-24(3)4;/h8-11,17H,6-7,12-16H2,1-5H3,(H2,21,22,23);1H. The summed E-state index contributed by atoms with van der Waals surface area (Å²) in [4.78, 5) is 6.73. The van der Waals surface area contributed by atoms with Crippen LogP contribution >= 0.6 is 24.0 Å². The second-order valence-corrected chi connectivity index (χ2v) is 9.57. The largest absolute Gasteiger partial charge is 0.494 e. The first-order valence-corrected chi connectivity index (χ1v) is 11.8. The van der Waals surface area contributed by atoms with Gasteiger partial charge in [0.05, 0.1) is 18.9 Å². The number of hydrogen-bond acceptors (Lipinski definition) is 5. The van der Waals surface area contributed by atoms with Crippen molar-refractivity contribution in [2.75, 3.05) is 45.8 Å². The van der Waals surface area contributed by atoms with E-state index in [1.807, 2.05) is 38.1 Å². The minimum Gasteiger partial charge on any atom is -0.494 e. The minimum absolute atomic E-state index is 0. The molecule has 0 spiro atoms. The topological polar surface area (TPSA) is 83.0 Å². The second kappa shape index (κ2) is 14.8. The number of nitrogens with zero attached hydrogens (tertiary/aromatic N) is 2. The molecule has 7 nitrogen and oxygen atoms in total. The van der Waals surface area contributed by atoms with Gasteiger partial charge in [-0.1, -0.05) is 12.1 Å². The number of aliphatic imine (C=N–C) groups is 1. The summed E-state index contributed by atoms with van der Waals surface area (Å²) in [5, 5.41) is 6.46. The van der Waals surface area contributed by atoms with E-state index in [1.54, 1.807) is 0 Å². The number of rotatable bonds is 12. The normalized spacial score (nSPS) is 13.0. The Morgan fingerprint density at radius 1 is 1.24 bits per heavy atom. The fourth-order valence-corrected chi connectivity index (χ4v) is 3.23. The fourth-order valence-electron chi connectivity index (χ4n) is 2.45. The van der Waals surface area contributed by atoms with Gasteiger partial charge in [-0.25, -0.2) is 13.4 Å². The van der Waals surface area contributed by atoms with Crippen molar-refractivity contribution in [1.82, 2.24) is 15.5 Å². The zero-order valence-electron chi connectivity index (χ0n) is 18.3. The van der Waals surface area contributed by atoms with Crippen LogP contribution < -0.4 is 15.4 Å². The van der Waals surface area contributed by atoms with Crippen LogP contribution in [0.3, 0.4) is 0 Å². The maximum absolute atomic E-state index is 11.3. The molecule has 0 saturated carbocycles. The van der Waals surface area contributed by atoms with Crippen molar-refractivity contribution >= 4 is 39.8 Å². The van der Waals surface area contributed by atoms with Gasteiger partial charge in [0.1, 0.15) is 15.6 Å². The number of sulfone groups is 1. The fraction of sp³-hybridized carbons (Fsp3) is 0.650. The molecule has 0 saturated heterocycles. The smallest absolute Gasteiger partial charge is 0.191 e. The molecule has 1 rings (SSSR count). The molecular formula is C20H37IN4O3S. The van der Waals surface area contributed by atoms with Crippen molar-refractivity contribution in [1.29, 1.82) is 0 Å². The molecular weight excluding hydrogens is 503 g/mol. The quantitative estimate of drug-likeness (QED) is 0.184. The van der Waals surface area contributed by atoms with Crippen LogP contribution in [0.4, 0.5) is 0 Å². The maximum Gasteiger partial charge on any atom is 0.191 e. The summed E-state index contributed by atoms with van der Waals surface area (Å²) in [5.74, 6) is 1.72. The Morgan fingerprint density at radius 3 is 2.45 bits per heavy atom. The highest BCUT2D eigenvalue weighted by Gasteiger charge is 2.09. The number of benzene rings is 1. The third-order valence-corrected chi connectivity index (χ3v) is 4.99. The van der Waals surface area contributed by atoms with Crippen LogP contribution in [-0.4, -0.2) is 71.1 Å². The summed E-state index contributed by atoms with van der Waals surface area (Å²) in [5.41, 5.74) is 1.08. The lowest BCUT2D eigenvalue weighted by Gasteiger charge is -2.17. The van der Waals surface area contributed by atoms with E-state index in [4.69, 9.17) is 4.74 Å². The number of ether oxygens (including phenoxy) is 1. The second-order valence-electron chi connectivity index (χ2n) is 7.31. The van der Waals surface area contributed by atoms with Crippen LogP contribution in [0.25, 0.3) is 0 Å². The Hall–Kier alpha value is -1.07. The van der Waals surface area contributed by atoms with Gasteiger partial charge in [0.2, 0.25) is 0 Å². The Bertz CT molecular complexity index is 694. The molecule has 9 heteroatoms. The third kappa shape index (κ3) is 14.5. The van der Waals surface area contributed by atoms with E-state index in [2.05, 4.69) is 34.6 Å². The minimum atomic E-state index is -2.95. The first-order valence-electron chi connectivity index (χ1n) is 9.78. The van der Waals surface area contributed by atoms with Crippen molar-refractivity contribution in [3.8, 4) is 5.75 Å². The molecule has 0 aliphatic rings. The van der Waals surface area contributed by atoms with Crippen LogP contribution in [0.15, 0.2) is 29.3 Å². The summed E-state index contributed by atoms with van der Waals surface area (Å²) in [6, 6.07) is 7.99. The number of guanidine groups is 1. The highest BCUT2D eigenvalue weighted by molar-refractivity contribution is 14.0. The molecule has 29 heavy (non-hydrogen) atoms. The molecule has 1 unspecified atom stereocenters. The predicted molar refractivity (Wildman–Crippen MR) is 132 cm³/mol. The summed E-state index contributed by atoms with van der Waals surface area (Å²) >= 11 is 0. The molecule has 2 N–H and O–H groups in total. The highest BCUT2D eigenvalue weighted by atomic mass is 127. The van der Waals surface area contributed by atoms with Crippen LogP contribution in [0.5, 0.6) is 5.75 Å². The van der Waals surface area contributed by atoms with Crippen molar-refractivity contribution in [3.63, 3.8) is 0 Å². The van der Waals surface area contributed by atoms with Crippen molar-refractivity contribution in [2.45, 2.75) is 39.3 Å². The van der Waals surface area contributed by atoms with Gasteiger partial charge in [0, 0.05) is 25.4 Å². The van der Waals surface area contributed by atoms with Gasteiger partial charge in [0.15, 0.2) is 5.96 Å². The monoisotopic (exact) mass is 540 g/mol. The van der Waals surface area contributed by atoms with Gasteiger partial charge < -0.3 is 20.3 Å². The van der Waals surface area contributed by atoms with E-state index < -0.39 is 9.84 Å². The van der Waals surface area contributed by atoms with Crippen LogP contribution in [0.2, 0.25) is 0 Å². The molecule has 0 fully saturated rings. The van der Waals surface area contributed by atoms with E-state index in [0.717, 1.165) is 30.8 Å². The van der Waals surface area contributed by atoms with E-state index >= 15 is 0 Å². The van der Waals surface area contributed by atoms with Gasteiger partial charge in [-0.05, 0) is 58.5 Å². The Kier molecular flexibility index (Phi) is 14.3. The van der Waals surface area contributed by atoms with Gasteiger partial charge in [-0.2, -0.15) is 0 Å². The summed E-state index contributed by atoms with van der Waals surface area (Å²) in [7, 11) is 1.15. The van der Waals surface area contributed by atoms with Gasteiger partial charge in [-0.15, -0.1) is 24.0 Å². The van der Waals surface area contributed by atoms with Crippen LogP contribution in [0.1, 0.15) is 32.3 Å². The first-order chi connectivity index (χ1) is 13.2. The van der Waals surface area contributed by atoms with Gasteiger partial charge >= 0.3 is 0 Å². The molecule has 1 aromatic rings. The highest BCUT2D eigenvalue weighted by Crippen LogP contribution is 2.13. The van der Waals surface area contributed by atoms with Gasteiger partial charge in [-0.3, -0.25) is 0 Å². The molecule has 0 aromatic heterocycles. The molecule has 0 aliphatic carbocycles. The molecule has 0 amide bonds. The molecule has 1 atom stereocenters. The van der Waals surface area contributed by atoms with Crippen molar-refractivity contribution in [2.24, 2.45) is 4.99 Å². The van der Waals surface area contributed by atoms with Gasteiger partial charge in [0.25, 0.3) is 0 Å². The number of halogens is 1. The third-order valence-electron chi connectivity index (χ3n) is 4.01. The van der Waals surface area contributed by atoms with Crippen molar-refractivity contribution in [3.05, 3.63) is 29.8 Å². The Labute approximate surface area is 193 Å². The Morgan fingerprint density at radius 2 is 1.90 bits per heavy atom. The SMILES string of the molecule is CCNC(=NCc1ccc(OCCCN(C)C)cc1)NC(C)CCS(C)(=O)=O.I. The lowest BCUT2D eigenvalue weighted by atomic mass is 10.2. The summed E-state index contributed by atoms with van der Waals surface area (Å²) in [6.07, 6.45) is 2.80. The average molecular weight is 541 g/mol. The maximum atomic E-state index is 11.3. The molecule has 1 aromatic carbocycles. The van der Waals surface area contributed by atoms with Crippen LogP contribution in [0, 0.1) is 0 Å². The number of nitrogens with one attached hydrogen (secondary N) is 2. The predicted octanol–water partition coefficient (Wildman–Crippen LogP) is 2.51. The molecule has 0 aliphatic heterocycles. The lowest BCUT2D eigenvalue weighted by molar-refractivity contribution is 0.281. The van der Waals surface area contributed by atoms with Crippen LogP contribution in [-0.2, 0) is 16.4 Å². The van der Waals surface area contributed by atoms with Crippen molar-refractivity contribution < 1.29 is 13.2 Å². The summed E-state index contributed by atoms with van der Waals surface area (Å²) in [6.45, 7) is 6.95. The molecule has 168 valence electrons. The number of hydrogen-bond donors (Lipinski definition) is 2. The zero-order valence-corrected chi connectivity index (χ0v) is 21.4. The molecule has 0 bridgehead atoms. The lowest BCUT2D eigenvalue weighted by Crippen LogP contribution is -2.42. The average Bonchev–Trinajstić information content (AvgIpc) is 2.62. The Balaban J connectivity index is 0.00000784. The first kappa shape index (κ1) is 27.9. The van der Waals surface area contributed by atoms with E-state index in [1.165, 1.54) is 6.26 Å².